The fourth-order valence-corrected chi connectivity index (χ4v) is 4.50. The number of hydrogen-bond acceptors (Lipinski definition) is 5. The van der Waals surface area contributed by atoms with Crippen LogP contribution in [0.2, 0.25) is 0 Å². The van der Waals surface area contributed by atoms with E-state index in [1.807, 2.05) is 6.92 Å². The van der Waals surface area contributed by atoms with Gasteiger partial charge in [-0.25, -0.2) is 9.78 Å². The predicted molar refractivity (Wildman–Crippen MR) is 125 cm³/mol. The van der Waals surface area contributed by atoms with Gasteiger partial charge in [-0.15, -0.1) is 11.3 Å². The van der Waals surface area contributed by atoms with Crippen molar-refractivity contribution in [2.24, 2.45) is 0 Å². The van der Waals surface area contributed by atoms with E-state index in [-0.39, 0.29) is 24.9 Å². The van der Waals surface area contributed by atoms with Crippen LogP contribution in [0, 0.1) is 6.92 Å². The zero-order valence-electron chi connectivity index (χ0n) is 18.0. The Bertz CT molecular complexity index is 1150. The van der Waals surface area contributed by atoms with Crippen LogP contribution < -0.4 is 10.6 Å². The zero-order valence-corrected chi connectivity index (χ0v) is 18.8. The van der Waals surface area contributed by atoms with Crippen molar-refractivity contribution in [3.05, 3.63) is 70.1 Å². The van der Waals surface area contributed by atoms with Gasteiger partial charge in [-0.3, -0.25) is 19.8 Å². The lowest BCUT2D eigenvalue weighted by Crippen LogP contribution is -2.31. The number of aryl methyl sites for hydroxylation is 2. The van der Waals surface area contributed by atoms with Crippen LogP contribution in [0.1, 0.15) is 39.7 Å². The predicted octanol–water partition coefficient (Wildman–Crippen LogP) is 4.38. The summed E-state index contributed by atoms with van der Waals surface area (Å²) >= 11 is 1.41. The first-order chi connectivity index (χ1) is 15.5. The van der Waals surface area contributed by atoms with Gasteiger partial charge in [0.2, 0.25) is 5.91 Å². The maximum Gasteiger partial charge on any atom is 0.324 e. The molecule has 2 N–H and O–H groups in total. The molecule has 164 valence electrons. The van der Waals surface area contributed by atoms with Crippen molar-refractivity contribution < 1.29 is 14.4 Å². The highest BCUT2D eigenvalue weighted by atomic mass is 32.1. The van der Waals surface area contributed by atoms with Gasteiger partial charge in [0.25, 0.3) is 5.91 Å². The Morgan fingerprint density at radius 3 is 2.59 bits per heavy atom. The van der Waals surface area contributed by atoms with Gasteiger partial charge in [0.05, 0.1) is 18.8 Å². The molecule has 1 aromatic heterocycles. The molecule has 3 aromatic rings. The summed E-state index contributed by atoms with van der Waals surface area (Å²) in [5.74, 6) is -0.637. The second-order valence-electron chi connectivity index (χ2n) is 7.62. The van der Waals surface area contributed by atoms with E-state index in [9.17, 15) is 14.4 Å². The van der Waals surface area contributed by atoms with Gasteiger partial charge in [0.1, 0.15) is 0 Å². The number of urea groups is 1. The Balaban J connectivity index is 1.52. The van der Waals surface area contributed by atoms with Gasteiger partial charge >= 0.3 is 6.03 Å². The van der Waals surface area contributed by atoms with E-state index in [0.29, 0.717) is 16.3 Å². The number of nitrogens with zero attached hydrogens (tertiary/aromatic N) is 2. The molecule has 4 amide bonds. The van der Waals surface area contributed by atoms with Crippen molar-refractivity contribution in [1.82, 2.24) is 15.2 Å². The minimum absolute atomic E-state index is 0.0201. The zero-order chi connectivity index (χ0) is 22.7. The summed E-state index contributed by atoms with van der Waals surface area (Å²) in [6.45, 7) is 4.16. The Morgan fingerprint density at radius 2 is 1.91 bits per heavy atom. The maximum atomic E-state index is 13.0. The van der Waals surface area contributed by atoms with E-state index >= 15 is 0 Å². The third kappa shape index (κ3) is 4.55. The van der Waals surface area contributed by atoms with Crippen LogP contribution in [-0.4, -0.2) is 34.3 Å². The number of thiazole rings is 1. The van der Waals surface area contributed by atoms with Gasteiger partial charge in [-0.2, -0.15) is 0 Å². The van der Waals surface area contributed by atoms with Crippen LogP contribution >= 0.6 is 11.3 Å². The first-order valence-corrected chi connectivity index (χ1v) is 11.3. The number of anilines is 1. The minimum atomic E-state index is -0.449. The van der Waals surface area contributed by atoms with Crippen LogP contribution in [0.5, 0.6) is 0 Å². The molecule has 0 radical (unpaired) electrons. The van der Waals surface area contributed by atoms with Gasteiger partial charge in [-0.05, 0) is 30.5 Å². The summed E-state index contributed by atoms with van der Waals surface area (Å²) in [6, 6.07) is 14.8. The van der Waals surface area contributed by atoms with Crippen LogP contribution in [0.15, 0.2) is 48.5 Å². The summed E-state index contributed by atoms with van der Waals surface area (Å²) in [5, 5.41) is 5.87. The number of carbonyl (C=O) groups is 3. The molecule has 1 aliphatic rings. The SMILES string of the molecule is CCCc1ccc(-c2nc(NC(=O)c3ccccc3CN3C(=O)CNC3=O)sc2C)cc1. The third-order valence-electron chi connectivity index (χ3n) is 5.31. The number of nitrogens with one attached hydrogen (secondary N) is 2. The molecule has 0 saturated carbocycles. The Labute approximate surface area is 190 Å². The molecule has 1 saturated heterocycles. The van der Waals surface area contributed by atoms with Crippen LogP contribution in [0.25, 0.3) is 11.3 Å². The summed E-state index contributed by atoms with van der Waals surface area (Å²) in [6.07, 6.45) is 2.14. The van der Waals surface area contributed by atoms with E-state index < -0.39 is 6.03 Å². The number of aromatic nitrogens is 1. The van der Waals surface area contributed by atoms with Crippen LogP contribution in [0.3, 0.4) is 0 Å². The molecular weight excluding hydrogens is 424 g/mol. The number of benzene rings is 2. The Kier molecular flexibility index (Phi) is 6.32. The molecule has 0 atom stereocenters. The topological polar surface area (TPSA) is 91.4 Å². The molecule has 4 rings (SSSR count). The van der Waals surface area contributed by atoms with Crippen LogP contribution in [-0.2, 0) is 17.8 Å². The molecule has 8 heteroatoms. The molecule has 0 spiro atoms. The van der Waals surface area contributed by atoms with Gasteiger partial charge in [0.15, 0.2) is 5.13 Å². The second-order valence-corrected chi connectivity index (χ2v) is 8.82. The minimum Gasteiger partial charge on any atom is -0.329 e. The van der Waals surface area contributed by atoms with Crippen molar-refractivity contribution in [2.75, 3.05) is 11.9 Å². The Morgan fingerprint density at radius 1 is 1.16 bits per heavy atom. The fourth-order valence-electron chi connectivity index (χ4n) is 3.67. The molecule has 0 unspecified atom stereocenters. The van der Waals surface area contributed by atoms with Crippen molar-refractivity contribution in [3.63, 3.8) is 0 Å². The van der Waals surface area contributed by atoms with E-state index in [0.717, 1.165) is 33.9 Å². The maximum absolute atomic E-state index is 13.0. The average Bonchev–Trinajstić information content (AvgIpc) is 3.31. The summed E-state index contributed by atoms with van der Waals surface area (Å²) in [5.41, 5.74) is 4.15. The van der Waals surface area contributed by atoms with E-state index in [1.54, 1.807) is 24.3 Å². The van der Waals surface area contributed by atoms with Crippen molar-refractivity contribution in [1.29, 1.82) is 0 Å². The monoisotopic (exact) mass is 448 g/mol. The van der Waals surface area contributed by atoms with Gasteiger partial charge in [-0.1, -0.05) is 55.8 Å². The highest BCUT2D eigenvalue weighted by Gasteiger charge is 2.29. The quantitative estimate of drug-likeness (QED) is 0.525. The van der Waals surface area contributed by atoms with Crippen molar-refractivity contribution >= 4 is 34.3 Å². The molecule has 2 aromatic carbocycles. The lowest BCUT2D eigenvalue weighted by Gasteiger charge is -2.15. The number of hydrogen-bond donors (Lipinski definition) is 2. The third-order valence-corrected chi connectivity index (χ3v) is 6.20. The molecule has 2 heterocycles. The van der Waals surface area contributed by atoms with Gasteiger partial charge in [0, 0.05) is 16.0 Å². The summed E-state index contributed by atoms with van der Waals surface area (Å²) in [7, 11) is 0. The van der Waals surface area contributed by atoms with E-state index in [1.165, 1.54) is 16.9 Å². The number of amides is 4. The van der Waals surface area contributed by atoms with Crippen molar-refractivity contribution in [3.8, 4) is 11.3 Å². The molecule has 7 nitrogen and oxygen atoms in total. The largest absolute Gasteiger partial charge is 0.329 e. The fraction of sp³-hybridized carbons (Fsp3) is 0.250. The normalized spacial score (nSPS) is 13.4. The highest BCUT2D eigenvalue weighted by Crippen LogP contribution is 2.31. The van der Waals surface area contributed by atoms with E-state index in [2.05, 4.69) is 46.8 Å². The lowest BCUT2D eigenvalue weighted by atomic mass is 10.1. The number of imide groups is 1. The molecular formula is C24H24N4O3S. The van der Waals surface area contributed by atoms with Gasteiger partial charge < -0.3 is 5.32 Å². The molecule has 0 bridgehead atoms. The molecule has 1 aliphatic heterocycles. The number of carbonyl (C=O) groups excluding carboxylic acids is 3. The number of rotatable bonds is 7. The summed E-state index contributed by atoms with van der Waals surface area (Å²) in [4.78, 5) is 43.6. The Hall–Kier alpha value is -3.52. The molecule has 32 heavy (non-hydrogen) atoms. The first kappa shape index (κ1) is 21.7. The van der Waals surface area contributed by atoms with Crippen molar-refractivity contribution in [2.45, 2.75) is 33.2 Å². The second kappa shape index (κ2) is 9.32. The van der Waals surface area contributed by atoms with E-state index in [4.69, 9.17) is 0 Å². The highest BCUT2D eigenvalue weighted by molar-refractivity contribution is 7.16. The average molecular weight is 449 g/mol. The standard InChI is InChI=1S/C24H24N4O3S/c1-3-6-16-9-11-17(12-10-16)21-15(2)32-23(26-21)27-22(30)19-8-5-4-7-18(19)14-28-20(29)13-25-24(28)31/h4-5,7-12H,3,6,13-14H2,1-2H3,(H,25,31)(H,26,27,30). The first-order valence-electron chi connectivity index (χ1n) is 10.5. The summed E-state index contributed by atoms with van der Waals surface area (Å²) < 4.78 is 0. The smallest absolute Gasteiger partial charge is 0.324 e. The lowest BCUT2D eigenvalue weighted by molar-refractivity contribution is -0.125. The van der Waals surface area contributed by atoms with Crippen LogP contribution in [0.4, 0.5) is 9.93 Å². The molecule has 0 aliphatic carbocycles. The molecule has 1 fully saturated rings.